The molecule has 2 aromatic heterocycles. The standard InChI is InChI=1S/C22H21N7OS/c1-16(18-7-9-20(10-8-18)29-12-11-23-14-29)25-26-21(30)19-5-3-17(4-6-19)13-31-22-27-24-15-28(22)2/h3-12,14-15H,13H2,1-2H3,(H,26,30)/b25-16-. The summed E-state index contributed by atoms with van der Waals surface area (Å²) in [4.78, 5) is 16.5. The van der Waals surface area contributed by atoms with Gasteiger partial charge in [-0.15, -0.1) is 10.2 Å². The van der Waals surface area contributed by atoms with Gasteiger partial charge >= 0.3 is 0 Å². The number of hydrogen-bond donors (Lipinski definition) is 1. The molecule has 2 aromatic carbocycles. The molecule has 0 fully saturated rings. The first-order chi connectivity index (χ1) is 15.1. The van der Waals surface area contributed by atoms with Crippen molar-refractivity contribution in [2.75, 3.05) is 0 Å². The van der Waals surface area contributed by atoms with Gasteiger partial charge in [-0.2, -0.15) is 5.10 Å². The Labute approximate surface area is 184 Å². The molecular formula is C22H21N7OS. The highest BCUT2D eigenvalue weighted by Gasteiger charge is 2.07. The molecule has 0 spiro atoms. The van der Waals surface area contributed by atoms with Crippen LogP contribution in [-0.2, 0) is 12.8 Å². The summed E-state index contributed by atoms with van der Waals surface area (Å²) in [6, 6.07) is 15.4. The van der Waals surface area contributed by atoms with E-state index in [2.05, 4.69) is 25.7 Å². The Balaban J connectivity index is 1.34. The Morgan fingerprint density at radius 3 is 2.45 bits per heavy atom. The Hall–Kier alpha value is -3.72. The third-order valence-electron chi connectivity index (χ3n) is 4.67. The van der Waals surface area contributed by atoms with E-state index in [4.69, 9.17) is 0 Å². The van der Waals surface area contributed by atoms with E-state index in [9.17, 15) is 4.79 Å². The van der Waals surface area contributed by atoms with Gasteiger partial charge in [0.15, 0.2) is 5.16 Å². The second-order valence-corrected chi connectivity index (χ2v) is 7.81. The third-order valence-corrected chi connectivity index (χ3v) is 5.77. The first-order valence-electron chi connectivity index (χ1n) is 9.59. The van der Waals surface area contributed by atoms with Crippen LogP contribution >= 0.6 is 11.8 Å². The highest BCUT2D eigenvalue weighted by Crippen LogP contribution is 2.20. The number of nitrogens with one attached hydrogen (secondary N) is 1. The van der Waals surface area contributed by atoms with Gasteiger partial charge in [-0.25, -0.2) is 10.4 Å². The summed E-state index contributed by atoms with van der Waals surface area (Å²) in [5.74, 6) is 0.503. The maximum absolute atomic E-state index is 12.4. The van der Waals surface area contributed by atoms with Crippen molar-refractivity contribution in [3.63, 3.8) is 0 Å². The number of carbonyl (C=O) groups is 1. The van der Waals surface area contributed by atoms with Crippen LogP contribution in [0.5, 0.6) is 0 Å². The van der Waals surface area contributed by atoms with E-state index in [-0.39, 0.29) is 5.91 Å². The molecule has 0 saturated carbocycles. The molecule has 0 radical (unpaired) electrons. The highest BCUT2D eigenvalue weighted by molar-refractivity contribution is 7.98. The van der Waals surface area contributed by atoms with E-state index < -0.39 is 0 Å². The van der Waals surface area contributed by atoms with E-state index in [0.29, 0.717) is 5.56 Å². The molecule has 1 N–H and O–H groups in total. The molecule has 0 unspecified atom stereocenters. The molecule has 4 rings (SSSR count). The van der Waals surface area contributed by atoms with E-state index >= 15 is 0 Å². The van der Waals surface area contributed by atoms with Gasteiger partial charge in [0.1, 0.15) is 6.33 Å². The Kier molecular flexibility index (Phi) is 6.23. The molecule has 8 nitrogen and oxygen atoms in total. The van der Waals surface area contributed by atoms with E-state index in [0.717, 1.165) is 33.4 Å². The van der Waals surface area contributed by atoms with Crippen molar-refractivity contribution < 1.29 is 4.79 Å². The normalized spacial score (nSPS) is 11.5. The van der Waals surface area contributed by atoms with Gasteiger partial charge in [0.25, 0.3) is 5.91 Å². The van der Waals surface area contributed by atoms with Crippen LogP contribution in [-0.4, -0.2) is 35.9 Å². The SMILES string of the molecule is C/C(=N/NC(=O)c1ccc(CSc2nncn2C)cc1)c1ccc(-n2ccnc2)cc1. The van der Waals surface area contributed by atoms with Crippen LogP contribution in [0.3, 0.4) is 0 Å². The molecule has 156 valence electrons. The van der Waals surface area contributed by atoms with Gasteiger partial charge in [-0.3, -0.25) is 4.79 Å². The molecule has 0 aliphatic carbocycles. The lowest BCUT2D eigenvalue weighted by Crippen LogP contribution is -2.19. The number of thioether (sulfide) groups is 1. The Morgan fingerprint density at radius 1 is 1.06 bits per heavy atom. The van der Waals surface area contributed by atoms with Crippen LogP contribution in [0.2, 0.25) is 0 Å². The molecule has 4 aromatic rings. The summed E-state index contributed by atoms with van der Waals surface area (Å²) < 4.78 is 3.80. The first kappa shape index (κ1) is 20.5. The first-order valence-corrected chi connectivity index (χ1v) is 10.6. The van der Waals surface area contributed by atoms with E-state index in [1.54, 1.807) is 42.7 Å². The minimum Gasteiger partial charge on any atom is -0.312 e. The molecule has 0 saturated heterocycles. The van der Waals surface area contributed by atoms with Crippen molar-refractivity contribution in [1.29, 1.82) is 0 Å². The number of hydrogen-bond acceptors (Lipinski definition) is 6. The van der Waals surface area contributed by atoms with Crippen LogP contribution < -0.4 is 5.43 Å². The smallest absolute Gasteiger partial charge is 0.271 e. The molecule has 0 atom stereocenters. The number of hydrazone groups is 1. The van der Waals surface area contributed by atoms with E-state index in [1.807, 2.05) is 65.7 Å². The monoisotopic (exact) mass is 431 g/mol. The summed E-state index contributed by atoms with van der Waals surface area (Å²) >= 11 is 1.59. The van der Waals surface area contributed by atoms with Crippen molar-refractivity contribution >= 4 is 23.4 Å². The van der Waals surface area contributed by atoms with E-state index in [1.165, 1.54) is 0 Å². The molecular weight excluding hydrogens is 410 g/mol. The predicted molar refractivity (Wildman–Crippen MR) is 120 cm³/mol. The number of rotatable bonds is 7. The zero-order valence-electron chi connectivity index (χ0n) is 17.1. The lowest BCUT2D eigenvalue weighted by Gasteiger charge is -2.06. The number of benzene rings is 2. The van der Waals surface area contributed by atoms with Crippen molar-refractivity contribution in [3.05, 3.63) is 90.3 Å². The molecule has 0 bridgehead atoms. The molecule has 2 heterocycles. The quantitative estimate of drug-likeness (QED) is 0.275. The summed E-state index contributed by atoms with van der Waals surface area (Å²) in [7, 11) is 1.91. The molecule has 1 amide bonds. The van der Waals surface area contributed by atoms with Crippen LogP contribution in [0.1, 0.15) is 28.4 Å². The second-order valence-electron chi connectivity index (χ2n) is 6.86. The lowest BCUT2D eigenvalue weighted by atomic mass is 10.1. The van der Waals surface area contributed by atoms with Gasteiger partial charge < -0.3 is 9.13 Å². The van der Waals surface area contributed by atoms with Gasteiger partial charge in [0.05, 0.1) is 12.0 Å². The minimum absolute atomic E-state index is 0.248. The minimum atomic E-state index is -0.248. The third kappa shape index (κ3) is 5.07. The van der Waals surface area contributed by atoms with Crippen molar-refractivity contribution in [2.24, 2.45) is 12.1 Å². The zero-order valence-corrected chi connectivity index (χ0v) is 18.0. The van der Waals surface area contributed by atoms with Gasteiger partial charge in [0, 0.05) is 36.4 Å². The van der Waals surface area contributed by atoms with Crippen LogP contribution in [0, 0.1) is 0 Å². The van der Waals surface area contributed by atoms with Crippen molar-refractivity contribution in [1.82, 2.24) is 29.7 Å². The number of aromatic nitrogens is 5. The second kappa shape index (κ2) is 9.40. The van der Waals surface area contributed by atoms with Crippen LogP contribution in [0.15, 0.2) is 83.8 Å². The summed E-state index contributed by atoms with van der Waals surface area (Å²) in [5, 5.41) is 13.0. The fourth-order valence-corrected chi connectivity index (χ4v) is 3.70. The summed E-state index contributed by atoms with van der Waals surface area (Å²) in [6.07, 6.45) is 7.04. The highest BCUT2D eigenvalue weighted by atomic mass is 32.2. The fraction of sp³-hybridized carbons (Fsp3) is 0.136. The van der Waals surface area contributed by atoms with Crippen LogP contribution in [0.25, 0.3) is 5.69 Å². The number of imidazole rings is 1. The van der Waals surface area contributed by atoms with Crippen LogP contribution in [0.4, 0.5) is 0 Å². The molecule has 0 aliphatic rings. The number of nitrogens with zero attached hydrogens (tertiary/aromatic N) is 6. The zero-order chi connectivity index (χ0) is 21.6. The number of aryl methyl sites for hydroxylation is 1. The summed E-state index contributed by atoms with van der Waals surface area (Å²) in [5.41, 5.74) is 6.95. The largest absolute Gasteiger partial charge is 0.312 e. The molecule has 9 heteroatoms. The van der Waals surface area contributed by atoms with Gasteiger partial charge in [-0.1, -0.05) is 36.0 Å². The maximum atomic E-state index is 12.4. The van der Waals surface area contributed by atoms with Gasteiger partial charge in [-0.05, 0) is 42.3 Å². The average molecular weight is 432 g/mol. The predicted octanol–water partition coefficient (Wildman–Crippen LogP) is 3.45. The fourth-order valence-electron chi connectivity index (χ4n) is 2.85. The maximum Gasteiger partial charge on any atom is 0.271 e. The average Bonchev–Trinajstić information content (AvgIpc) is 3.48. The number of amides is 1. The molecule has 31 heavy (non-hydrogen) atoms. The lowest BCUT2D eigenvalue weighted by molar-refractivity contribution is 0.0955. The van der Waals surface area contributed by atoms with Crippen molar-refractivity contribution in [2.45, 2.75) is 17.8 Å². The number of carbonyl (C=O) groups excluding carboxylic acids is 1. The van der Waals surface area contributed by atoms with Gasteiger partial charge in [0.2, 0.25) is 0 Å². The molecule has 0 aliphatic heterocycles. The summed E-state index contributed by atoms with van der Waals surface area (Å²) in [6.45, 7) is 1.86. The Bertz CT molecular complexity index is 1180. The topological polar surface area (TPSA) is 90.0 Å². The van der Waals surface area contributed by atoms with Crippen molar-refractivity contribution in [3.8, 4) is 5.69 Å². The Morgan fingerprint density at radius 2 is 1.81 bits per heavy atom.